The van der Waals surface area contributed by atoms with Gasteiger partial charge in [0.2, 0.25) is 0 Å². The van der Waals surface area contributed by atoms with Crippen molar-refractivity contribution in [1.29, 1.82) is 0 Å². The van der Waals surface area contributed by atoms with Crippen molar-refractivity contribution >= 4 is 22.9 Å². The second kappa shape index (κ2) is 8.42. The van der Waals surface area contributed by atoms with E-state index in [1.165, 1.54) is 10.4 Å². The van der Waals surface area contributed by atoms with Crippen molar-refractivity contribution in [3.05, 3.63) is 51.2 Å². The molecular formula is C17H22ClNOS. The lowest BCUT2D eigenvalue weighted by Crippen LogP contribution is -2.18. The van der Waals surface area contributed by atoms with Crippen LogP contribution in [0.4, 0.5) is 0 Å². The fourth-order valence-electron chi connectivity index (χ4n) is 1.99. The van der Waals surface area contributed by atoms with Gasteiger partial charge in [-0.2, -0.15) is 0 Å². The van der Waals surface area contributed by atoms with E-state index in [4.69, 9.17) is 16.3 Å². The van der Waals surface area contributed by atoms with Crippen LogP contribution in [0.1, 0.15) is 24.3 Å². The Labute approximate surface area is 136 Å². The Morgan fingerprint density at radius 2 is 2.14 bits per heavy atom. The molecule has 0 aliphatic rings. The zero-order valence-electron chi connectivity index (χ0n) is 12.6. The number of thiophene rings is 1. The molecule has 1 heterocycles. The van der Waals surface area contributed by atoms with Gasteiger partial charge in [-0.25, -0.2) is 0 Å². The summed E-state index contributed by atoms with van der Waals surface area (Å²) in [5.41, 5.74) is 1.19. The largest absolute Gasteiger partial charge is 0.492 e. The van der Waals surface area contributed by atoms with Crippen LogP contribution in [0.25, 0.3) is 0 Å². The molecule has 1 aromatic heterocycles. The van der Waals surface area contributed by atoms with Crippen molar-refractivity contribution in [2.24, 2.45) is 5.92 Å². The molecule has 114 valence electrons. The standard InChI is InChI=1S/C17H22ClNOS/c1-13(2)11-19-12-14-5-6-17(16(18)10-14)20-8-7-15-4-3-9-21-15/h3-6,9-10,13,19H,7-8,11-12H2,1-2H3. The molecule has 4 heteroatoms. The van der Waals surface area contributed by atoms with E-state index < -0.39 is 0 Å². The molecule has 0 saturated heterocycles. The zero-order valence-corrected chi connectivity index (χ0v) is 14.1. The van der Waals surface area contributed by atoms with Gasteiger partial charge >= 0.3 is 0 Å². The lowest BCUT2D eigenvalue weighted by atomic mass is 10.2. The number of hydrogen-bond donors (Lipinski definition) is 1. The monoisotopic (exact) mass is 323 g/mol. The summed E-state index contributed by atoms with van der Waals surface area (Å²) in [6, 6.07) is 10.2. The molecule has 1 N–H and O–H groups in total. The minimum atomic E-state index is 0.653. The van der Waals surface area contributed by atoms with Crippen molar-refractivity contribution in [2.75, 3.05) is 13.2 Å². The van der Waals surface area contributed by atoms with E-state index in [-0.39, 0.29) is 0 Å². The molecule has 0 radical (unpaired) electrons. The maximum atomic E-state index is 6.28. The molecule has 0 saturated carbocycles. The van der Waals surface area contributed by atoms with Crippen LogP contribution in [0.2, 0.25) is 5.02 Å². The summed E-state index contributed by atoms with van der Waals surface area (Å²) in [5.74, 6) is 1.42. The van der Waals surface area contributed by atoms with Gasteiger partial charge in [0.1, 0.15) is 5.75 Å². The van der Waals surface area contributed by atoms with Gasteiger partial charge in [0.05, 0.1) is 11.6 Å². The molecule has 0 aliphatic carbocycles. The normalized spacial score (nSPS) is 11.0. The second-order valence-corrected chi connectivity index (χ2v) is 6.91. The van der Waals surface area contributed by atoms with E-state index >= 15 is 0 Å². The first-order chi connectivity index (χ1) is 10.1. The van der Waals surface area contributed by atoms with Crippen LogP contribution in [-0.4, -0.2) is 13.2 Å². The van der Waals surface area contributed by atoms with Crippen molar-refractivity contribution in [3.8, 4) is 5.75 Å². The maximum Gasteiger partial charge on any atom is 0.137 e. The second-order valence-electron chi connectivity index (χ2n) is 5.47. The lowest BCUT2D eigenvalue weighted by Gasteiger charge is -2.11. The highest BCUT2D eigenvalue weighted by atomic mass is 35.5. The van der Waals surface area contributed by atoms with Crippen LogP contribution in [0.5, 0.6) is 5.75 Å². The summed E-state index contributed by atoms with van der Waals surface area (Å²) < 4.78 is 5.76. The highest BCUT2D eigenvalue weighted by Crippen LogP contribution is 2.25. The Morgan fingerprint density at radius 1 is 1.29 bits per heavy atom. The van der Waals surface area contributed by atoms with Crippen LogP contribution in [-0.2, 0) is 13.0 Å². The molecule has 0 bridgehead atoms. The molecule has 0 fully saturated rings. The smallest absolute Gasteiger partial charge is 0.137 e. The topological polar surface area (TPSA) is 21.3 Å². The third kappa shape index (κ3) is 5.70. The maximum absolute atomic E-state index is 6.28. The summed E-state index contributed by atoms with van der Waals surface area (Å²) in [4.78, 5) is 1.33. The fourth-order valence-corrected chi connectivity index (χ4v) is 2.94. The fraction of sp³-hybridized carbons (Fsp3) is 0.412. The SMILES string of the molecule is CC(C)CNCc1ccc(OCCc2cccs2)c(Cl)c1. The first-order valence-electron chi connectivity index (χ1n) is 7.29. The number of nitrogens with one attached hydrogen (secondary N) is 1. The number of ether oxygens (including phenoxy) is 1. The number of hydrogen-bond acceptors (Lipinski definition) is 3. The third-order valence-corrected chi connectivity index (χ3v) is 4.30. The van der Waals surface area contributed by atoms with Gasteiger partial charge in [-0.3, -0.25) is 0 Å². The van der Waals surface area contributed by atoms with E-state index in [2.05, 4.69) is 42.7 Å². The lowest BCUT2D eigenvalue weighted by molar-refractivity contribution is 0.323. The van der Waals surface area contributed by atoms with Gasteiger partial charge < -0.3 is 10.1 Å². The van der Waals surface area contributed by atoms with E-state index in [9.17, 15) is 0 Å². The number of benzene rings is 1. The highest BCUT2D eigenvalue weighted by Gasteiger charge is 2.04. The molecule has 0 unspecified atom stereocenters. The molecule has 2 aromatic rings. The number of rotatable bonds is 8. The number of halogens is 1. The van der Waals surface area contributed by atoms with Crippen molar-refractivity contribution in [3.63, 3.8) is 0 Å². The Kier molecular flexibility index (Phi) is 6.55. The van der Waals surface area contributed by atoms with E-state index in [0.29, 0.717) is 17.5 Å². The van der Waals surface area contributed by atoms with Gasteiger partial charge in [0, 0.05) is 17.8 Å². The predicted octanol–water partition coefficient (Wildman–Crippen LogP) is 4.77. The van der Waals surface area contributed by atoms with E-state index in [1.54, 1.807) is 11.3 Å². The van der Waals surface area contributed by atoms with Crippen molar-refractivity contribution < 1.29 is 4.74 Å². The molecule has 0 amide bonds. The zero-order chi connectivity index (χ0) is 15.1. The van der Waals surface area contributed by atoms with Gasteiger partial charge in [0.25, 0.3) is 0 Å². The summed E-state index contributed by atoms with van der Waals surface area (Å²) in [7, 11) is 0. The minimum Gasteiger partial charge on any atom is -0.492 e. The van der Waals surface area contributed by atoms with Crippen LogP contribution in [0.15, 0.2) is 35.7 Å². The molecule has 2 rings (SSSR count). The van der Waals surface area contributed by atoms with Crippen LogP contribution >= 0.6 is 22.9 Å². The highest BCUT2D eigenvalue weighted by molar-refractivity contribution is 7.09. The summed E-state index contributed by atoms with van der Waals surface area (Å²) in [6.45, 7) is 6.91. The predicted molar refractivity (Wildman–Crippen MR) is 91.5 cm³/mol. The van der Waals surface area contributed by atoms with Gasteiger partial charge in [-0.05, 0) is 41.6 Å². The summed E-state index contributed by atoms with van der Waals surface area (Å²) in [6.07, 6.45) is 0.922. The van der Waals surface area contributed by atoms with Gasteiger partial charge in [0.15, 0.2) is 0 Å². The Bertz CT molecular complexity index is 540. The molecule has 0 aliphatic heterocycles. The van der Waals surface area contributed by atoms with Gasteiger partial charge in [-0.15, -0.1) is 11.3 Å². The van der Waals surface area contributed by atoms with Crippen LogP contribution < -0.4 is 10.1 Å². The molecular weight excluding hydrogens is 302 g/mol. The van der Waals surface area contributed by atoms with Crippen LogP contribution in [0.3, 0.4) is 0 Å². The van der Waals surface area contributed by atoms with Gasteiger partial charge in [-0.1, -0.05) is 37.6 Å². The Morgan fingerprint density at radius 3 is 2.81 bits per heavy atom. The van der Waals surface area contributed by atoms with E-state index in [1.807, 2.05) is 12.1 Å². The molecule has 1 aromatic carbocycles. The molecule has 0 spiro atoms. The Hall–Kier alpha value is -1.03. The summed E-state index contributed by atoms with van der Waals surface area (Å²) >= 11 is 8.04. The first-order valence-corrected chi connectivity index (χ1v) is 8.55. The minimum absolute atomic E-state index is 0.653. The average Bonchev–Trinajstić information content (AvgIpc) is 2.94. The van der Waals surface area contributed by atoms with Crippen molar-refractivity contribution in [2.45, 2.75) is 26.8 Å². The molecule has 2 nitrogen and oxygen atoms in total. The first kappa shape index (κ1) is 16.3. The van der Waals surface area contributed by atoms with E-state index in [0.717, 1.165) is 25.3 Å². The van der Waals surface area contributed by atoms with Crippen LogP contribution in [0, 0.1) is 5.92 Å². The summed E-state index contributed by atoms with van der Waals surface area (Å²) in [5, 5.41) is 6.18. The average molecular weight is 324 g/mol. The molecule has 0 atom stereocenters. The van der Waals surface area contributed by atoms with Crippen molar-refractivity contribution in [1.82, 2.24) is 5.32 Å². The molecule has 21 heavy (non-hydrogen) atoms. The Balaban J connectivity index is 1.81. The third-order valence-electron chi connectivity index (χ3n) is 3.06. The quantitative estimate of drug-likeness (QED) is 0.755.